The molecule has 0 heterocycles. The topological polar surface area (TPSA) is 59.6 Å². The Morgan fingerprint density at radius 1 is 1.33 bits per heavy atom. The number of nitrogens with two attached hydrogens (primary N) is 1. The maximum atomic E-state index is 5.61. The predicted molar refractivity (Wildman–Crippen MR) is 75.9 cm³/mol. The molecule has 0 spiro atoms. The number of hydrogen-bond acceptors (Lipinski definition) is 2. The molecule has 3 N–H and O–H groups in total. The summed E-state index contributed by atoms with van der Waals surface area (Å²) in [4.78, 5) is 4.20. The van der Waals surface area contributed by atoms with Gasteiger partial charge in [0.2, 0.25) is 0 Å². The second-order valence-electron chi connectivity index (χ2n) is 3.25. The Morgan fingerprint density at radius 3 is 2.67 bits per heavy atom. The van der Waals surface area contributed by atoms with Gasteiger partial charge in [0.15, 0.2) is 5.96 Å². The van der Waals surface area contributed by atoms with Gasteiger partial charge in [-0.2, -0.15) is 0 Å². The fourth-order valence-electron chi connectivity index (χ4n) is 1.08. The van der Waals surface area contributed by atoms with E-state index in [2.05, 4.69) is 17.2 Å². The van der Waals surface area contributed by atoms with Crippen molar-refractivity contribution >= 4 is 29.9 Å². The van der Waals surface area contributed by atoms with Gasteiger partial charge in [0.05, 0.1) is 6.61 Å². The maximum Gasteiger partial charge on any atom is 0.188 e. The van der Waals surface area contributed by atoms with Crippen molar-refractivity contribution in [1.29, 1.82) is 0 Å². The van der Waals surface area contributed by atoms with Gasteiger partial charge in [-0.05, 0) is 6.42 Å². The smallest absolute Gasteiger partial charge is 0.188 e. The summed E-state index contributed by atoms with van der Waals surface area (Å²) in [5.41, 5.74) is 5.61. The molecule has 4 nitrogen and oxygen atoms in total. The number of unbranched alkanes of at least 4 members (excludes halogenated alkanes) is 3. The molecule has 0 bridgehead atoms. The van der Waals surface area contributed by atoms with Gasteiger partial charge in [-0.3, -0.25) is 4.99 Å². The van der Waals surface area contributed by atoms with Crippen LogP contribution in [-0.4, -0.2) is 32.8 Å². The van der Waals surface area contributed by atoms with Gasteiger partial charge < -0.3 is 15.8 Å². The quantitative estimate of drug-likeness (QED) is 0.309. The minimum atomic E-state index is 0. The lowest BCUT2D eigenvalue weighted by molar-refractivity contribution is 0.204. The number of hydrogen-bond donors (Lipinski definition) is 2. The second kappa shape index (κ2) is 14.0. The third-order valence-electron chi connectivity index (χ3n) is 1.91. The van der Waals surface area contributed by atoms with Crippen molar-refractivity contribution in [2.75, 3.05) is 26.8 Å². The molecule has 0 atom stereocenters. The van der Waals surface area contributed by atoms with E-state index in [1.165, 1.54) is 19.3 Å². The lowest BCUT2D eigenvalue weighted by atomic mass is 10.2. The summed E-state index contributed by atoms with van der Waals surface area (Å²) in [7, 11) is 1.67. The summed E-state index contributed by atoms with van der Waals surface area (Å²) in [6.07, 6.45) is 4.91. The zero-order chi connectivity index (χ0) is 10.6. The van der Waals surface area contributed by atoms with Gasteiger partial charge in [0.25, 0.3) is 0 Å². The predicted octanol–water partition coefficient (Wildman–Crippen LogP) is 1.74. The van der Waals surface area contributed by atoms with Crippen LogP contribution in [0.4, 0.5) is 0 Å². The minimum Gasteiger partial charge on any atom is -0.383 e. The van der Waals surface area contributed by atoms with Crippen LogP contribution < -0.4 is 11.1 Å². The highest BCUT2D eigenvalue weighted by Gasteiger charge is 1.90. The van der Waals surface area contributed by atoms with Crippen molar-refractivity contribution in [2.24, 2.45) is 10.7 Å². The number of guanidine groups is 1. The van der Waals surface area contributed by atoms with Gasteiger partial charge in [0, 0.05) is 20.2 Å². The molecule has 15 heavy (non-hydrogen) atoms. The molecule has 5 heteroatoms. The van der Waals surface area contributed by atoms with E-state index in [1.807, 2.05) is 0 Å². The van der Waals surface area contributed by atoms with E-state index in [9.17, 15) is 0 Å². The van der Waals surface area contributed by atoms with E-state index in [0.29, 0.717) is 12.6 Å². The highest BCUT2D eigenvalue weighted by atomic mass is 127. The van der Waals surface area contributed by atoms with Gasteiger partial charge in [-0.15, -0.1) is 24.0 Å². The number of nitrogens with zero attached hydrogens (tertiary/aromatic N) is 1. The molecule has 92 valence electrons. The molecule has 0 rings (SSSR count). The lowest BCUT2D eigenvalue weighted by Gasteiger charge is -2.04. The van der Waals surface area contributed by atoms with Gasteiger partial charge in [-0.25, -0.2) is 0 Å². The molecule has 0 fully saturated rings. The fourth-order valence-corrected chi connectivity index (χ4v) is 1.08. The first-order valence-corrected chi connectivity index (χ1v) is 5.34. The Morgan fingerprint density at radius 2 is 2.07 bits per heavy atom. The zero-order valence-corrected chi connectivity index (χ0v) is 12.1. The molecule has 0 aliphatic heterocycles. The van der Waals surface area contributed by atoms with E-state index < -0.39 is 0 Å². The van der Waals surface area contributed by atoms with E-state index in [-0.39, 0.29) is 24.0 Å². The zero-order valence-electron chi connectivity index (χ0n) is 9.79. The van der Waals surface area contributed by atoms with Crippen LogP contribution in [0.3, 0.4) is 0 Å². The summed E-state index contributed by atoms with van der Waals surface area (Å²) >= 11 is 0. The fraction of sp³-hybridized carbons (Fsp3) is 0.900. The van der Waals surface area contributed by atoms with Crippen molar-refractivity contribution in [3.05, 3.63) is 0 Å². The highest BCUT2D eigenvalue weighted by Crippen LogP contribution is 1.98. The van der Waals surface area contributed by atoms with Gasteiger partial charge >= 0.3 is 0 Å². The van der Waals surface area contributed by atoms with Crippen LogP contribution >= 0.6 is 24.0 Å². The van der Waals surface area contributed by atoms with Crippen LogP contribution in [0.25, 0.3) is 0 Å². The van der Waals surface area contributed by atoms with E-state index >= 15 is 0 Å². The SMILES string of the molecule is CCCCCCN=C(N)NCCOC.I. The first-order chi connectivity index (χ1) is 6.81. The maximum absolute atomic E-state index is 5.61. The average Bonchev–Trinajstić information content (AvgIpc) is 2.18. The lowest BCUT2D eigenvalue weighted by Crippen LogP contribution is -2.34. The molecular formula is C10H24IN3O. The molecular weight excluding hydrogens is 305 g/mol. The van der Waals surface area contributed by atoms with E-state index in [4.69, 9.17) is 10.5 Å². The first kappa shape index (κ1) is 17.4. The number of aliphatic imine (C=N–C) groups is 1. The van der Waals surface area contributed by atoms with Crippen molar-refractivity contribution in [2.45, 2.75) is 32.6 Å². The van der Waals surface area contributed by atoms with Crippen molar-refractivity contribution in [3.8, 4) is 0 Å². The summed E-state index contributed by atoms with van der Waals surface area (Å²) in [6, 6.07) is 0. The Hall–Kier alpha value is -0.0400. The van der Waals surface area contributed by atoms with Crippen molar-refractivity contribution in [1.82, 2.24) is 5.32 Å². The molecule has 0 aromatic heterocycles. The third-order valence-corrected chi connectivity index (χ3v) is 1.91. The van der Waals surface area contributed by atoms with Crippen molar-refractivity contribution < 1.29 is 4.74 Å². The molecule has 0 amide bonds. The molecule has 0 radical (unpaired) electrons. The largest absolute Gasteiger partial charge is 0.383 e. The molecule has 0 saturated carbocycles. The summed E-state index contributed by atoms with van der Waals surface area (Å²) in [6.45, 7) is 4.41. The average molecular weight is 329 g/mol. The molecule has 0 aromatic carbocycles. The number of ether oxygens (including phenoxy) is 1. The van der Waals surface area contributed by atoms with Crippen LogP contribution in [-0.2, 0) is 4.74 Å². The summed E-state index contributed by atoms with van der Waals surface area (Å²) in [5.74, 6) is 0.526. The monoisotopic (exact) mass is 329 g/mol. The molecule has 0 saturated heterocycles. The van der Waals surface area contributed by atoms with Crippen molar-refractivity contribution in [3.63, 3.8) is 0 Å². The van der Waals surface area contributed by atoms with E-state index in [0.717, 1.165) is 19.5 Å². The number of rotatable bonds is 8. The standard InChI is InChI=1S/C10H23N3O.HI/c1-3-4-5-6-7-12-10(11)13-8-9-14-2;/h3-9H2,1-2H3,(H3,11,12,13);1H. The highest BCUT2D eigenvalue weighted by molar-refractivity contribution is 14.0. The number of nitrogens with one attached hydrogen (secondary N) is 1. The number of halogens is 1. The molecule has 0 unspecified atom stereocenters. The Labute approximate surface area is 110 Å². The van der Waals surface area contributed by atoms with Crippen LogP contribution in [0.15, 0.2) is 4.99 Å². The Kier molecular flexibility index (Phi) is 16.2. The third kappa shape index (κ3) is 14.0. The van der Waals surface area contributed by atoms with Crippen LogP contribution in [0.1, 0.15) is 32.6 Å². The molecule has 0 aromatic rings. The normalized spacial score (nSPS) is 10.9. The number of methoxy groups -OCH3 is 1. The Bertz CT molecular complexity index is 154. The molecule has 0 aliphatic rings. The van der Waals surface area contributed by atoms with Crippen LogP contribution in [0.5, 0.6) is 0 Å². The summed E-state index contributed by atoms with van der Waals surface area (Å²) in [5, 5.41) is 2.98. The Balaban J connectivity index is 0. The van der Waals surface area contributed by atoms with Gasteiger partial charge in [0.1, 0.15) is 0 Å². The van der Waals surface area contributed by atoms with Crippen LogP contribution in [0, 0.1) is 0 Å². The van der Waals surface area contributed by atoms with E-state index in [1.54, 1.807) is 7.11 Å². The second-order valence-corrected chi connectivity index (χ2v) is 3.25. The first-order valence-electron chi connectivity index (χ1n) is 5.34. The summed E-state index contributed by atoms with van der Waals surface area (Å²) < 4.78 is 4.88. The van der Waals surface area contributed by atoms with Crippen LogP contribution in [0.2, 0.25) is 0 Å². The van der Waals surface area contributed by atoms with Gasteiger partial charge in [-0.1, -0.05) is 26.2 Å². The minimum absolute atomic E-state index is 0. The molecule has 0 aliphatic carbocycles.